The fourth-order valence-electron chi connectivity index (χ4n) is 2.27. The fourth-order valence-corrected chi connectivity index (χ4v) is 2.27. The quantitative estimate of drug-likeness (QED) is 0.844. The van der Waals surface area contributed by atoms with Crippen LogP contribution in [-0.4, -0.2) is 30.4 Å². The lowest BCUT2D eigenvalue weighted by atomic mass is 10.1. The van der Waals surface area contributed by atoms with Gasteiger partial charge in [-0.05, 0) is 56.0 Å². The second-order valence-corrected chi connectivity index (χ2v) is 4.94. The number of carbonyl (C=O) groups is 1. The van der Waals surface area contributed by atoms with Gasteiger partial charge in [0.15, 0.2) is 0 Å². The zero-order valence-corrected chi connectivity index (χ0v) is 10.6. The number of nitrogens with zero attached hydrogens (tertiary/aromatic N) is 1. The third kappa shape index (κ3) is 2.50. The molecule has 2 N–H and O–H groups in total. The second kappa shape index (κ2) is 4.88. The lowest BCUT2D eigenvalue weighted by molar-refractivity contribution is 0.0787. The van der Waals surface area contributed by atoms with Crippen molar-refractivity contribution in [2.75, 3.05) is 19.6 Å². The lowest BCUT2D eigenvalue weighted by Gasteiger charge is -2.17. The van der Waals surface area contributed by atoms with Crippen LogP contribution < -0.4 is 5.73 Å². The molecule has 3 heteroatoms. The molecule has 1 amide bonds. The van der Waals surface area contributed by atoms with Gasteiger partial charge in [0.05, 0.1) is 0 Å². The van der Waals surface area contributed by atoms with Crippen LogP contribution in [0.5, 0.6) is 0 Å². The first-order valence-electron chi connectivity index (χ1n) is 6.18. The van der Waals surface area contributed by atoms with E-state index in [1.165, 1.54) is 11.1 Å². The molecule has 1 fully saturated rings. The van der Waals surface area contributed by atoms with E-state index in [0.717, 1.165) is 25.1 Å². The van der Waals surface area contributed by atoms with Crippen LogP contribution in [0.3, 0.4) is 0 Å². The van der Waals surface area contributed by atoms with Gasteiger partial charge in [-0.2, -0.15) is 0 Å². The van der Waals surface area contributed by atoms with Crippen LogP contribution in [0.2, 0.25) is 0 Å². The van der Waals surface area contributed by atoms with Crippen LogP contribution >= 0.6 is 0 Å². The Bertz CT molecular complexity index is 428. The van der Waals surface area contributed by atoms with Crippen molar-refractivity contribution in [2.24, 2.45) is 11.7 Å². The van der Waals surface area contributed by atoms with E-state index in [0.29, 0.717) is 12.5 Å². The molecule has 3 nitrogen and oxygen atoms in total. The molecule has 1 aliphatic heterocycles. The van der Waals surface area contributed by atoms with Crippen molar-refractivity contribution in [3.05, 3.63) is 34.9 Å². The summed E-state index contributed by atoms with van der Waals surface area (Å²) in [6.45, 7) is 6.43. The molecule has 1 atom stereocenters. The third-order valence-electron chi connectivity index (χ3n) is 3.66. The molecule has 1 aromatic rings. The molecule has 1 heterocycles. The molecule has 0 aromatic heterocycles. The minimum Gasteiger partial charge on any atom is -0.338 e. The van der Waals surface area contributed by atoms with Crippen molar-refractivity contribution < 1.29 is 4.79 Å². The van der Waals surface area contributed by atoms with E-state index >= 15 is 0 Å². The van der Waals surface area contributed by atoms with Gasteiger partial charge in [0.25, 0.3) is 5.91 Å². The Balaban J connectivity index is 2.12. The van der Waals surface area contributed by atoms with Crippen molar-refractivity contribution >= 4 is 5.91 Å². The van der Waals surface area contributed by atoms with E-state index in [9.17, 15) is 4.79 Å². The summed E-state index contributed by atoms with van der Waals surface area (Å²) in [5.41, 5.74) is 8.83. The maximum absolute atomic E-state index is 12.3. The van der Waals surface area contributed by atoms with Gasteiger partial charge in [-0.25, -0.2) is 0 Å². The van der Waals surface area contributed by atoms with Crippen LogP contribution in [0.4, 0.5) is 0 Å². The minimum atomic E-state index is 0.143. The summed E-state index contributed by atoms with van der Waals surface area (Å²) >= 11 is 0. The minimum absolute atomic E-state index is 0.143. The number of benzene rings is 1. The van der Waals surface area contributed by atoms with Gasteiger partial charge in [0.2, 0.25) is 0 Å². The number of carbonyl (C=O) groups excluding carboxylic acids is 1. The topological polar surface area (TPSA) is 46.3 Å². The molecule has 2 rings (SSSR count). The van der Waals surface area contributed by atoms with Gasteiger partial charge >= 0.3 is 0 Å². The van der Waals surface area contributed by atoms with Crippen molar-refractivity contribution in [1.29, 1.82) is 0 Å². The zero-order valence-electron chi connectivity index (χ0n) is 10.6. The Morgan fingerprint density at radius 1 is 1.41 bits per heavy atom. The van der Waals surface area contributed by atoms with Crippen molar-refractivity contribution in [2.45, 2.75) is 20.3 Å². The summed E-state index contributed by atoms with van der Waals surface area (Å²) in [7, 11) is 0. The Kier molecular flexibility index (Phi) is 3.48. The molecule has 1 aromatic carbocycles. The average molecular weight is 232 g/mol. The molecular formula is C14H20N2O. The second-order valence-electron chi connectivity index (χ2n) is 4.94. The molecule has 0 saturated carbocycles. The van der Waals surface area contributed by atoms with E-state index in [1.807, 2.05) is 30.0 Å². The summed E-state index contributed by atoms with van der Waals surface area (Å²) in [5.74, 6) is 0.620. The highest BCUT2D eigenvalue weighted by atomic mass is 16.2. The summed E-state index contributed by atoms with van der Waals surface area (Å²) in [4.78, 5) is 14.2. The average Bonchev–Trinajstić information content (AvgIpc) is 2.80. The number of hydrogen-bond donors (Lipinski definition) is 1. The van der Waals surface area contributed by atoms with E-state index in [-0.39, 0.29) is 5.91 Å². The molecule has 0 radical (unpaired) electrons. The van der Waals surface area contributed by atoms with Crippen molar-refractivity contribution in [3.8, 4) is 0 Å². The summed E-state index contributed by atoms with van der Waals surface area (Å²) < 4.78 is 0. The molecule has 92 valence electrons. The van der Waals surface area contributed by atoms with Crippen LogP contribution in [0.15, 0.2) is 18.2 Å². The molecule has 0 aliphatic carbocycles. The molecule has 0 spiro atoms. The summed E-state index contributed by atoms with van der Waals surface area (Å²) in [6, 6.07) is 5.91. The molecule has 1 saturated heterocycles. The Hall–Kier alpha value is -1.35. The maximum Gasteiger partial charge on any atom is 0.253 e. The van der Waals surface area contributed by atoms with E-state index in [2.05, 4.69) is 6.92 Å². The highest BCUT2D eigenvalue weighted by molar-refractivity contribution is 5.94. The maximum atomic E-state index is 12.3. The van der Waals surface area contributed by atoms with Crippen molar-refractivity contribution in [1.82, 2.24) is 4.90 Å². The molecular weight excluding hydrogens is 212 g/mol. The highest BCUT2D eigenvalue weighted by Gasteiger charge is 2.25. The van der Waals surface area contributed by atoms with Gasteiger partial charge < -0.3 is 10.6 Å². The predicted octanol–water partition coefficient (Wildman–Crippen LogP) is 1.72. The molecule has 0 unspecified atom stereocenters. The summed E-state index contributed by atoms with van der Waals surface area (Å²) in [5, 5.41) is 0. The number of nitrogens with two attached hydrogens (primary N) is 1. The number of likely N-dealkylation sites (tertiary alicyclic amines) is 1. The van der Waals surface area contributed by atoms with E-state index < -0.39 is 0 Å². The normalized spacial score (nSPS) is 19.7. The number of amides is 1. The zero-order chi connectivity index (χ0) is 12.4. The first-order valence-corrected chi connectivity index (χ1v) is 6.18. The third-order valence-corrected chi connectivity index (χ3v) is 3.66. The molecule has 17 heavy (non-hydrogen) atoms. The standard InChI is InChI=1S/C14H20N2O/c1-10-3-4-13(7-11(10)2)14(17)16-6-5-12(8-15)9-16/h3-4,7,12H,5-6,8-9,15H2,1-2H3/t12-/m0/s1. The van der Waals surface area contributed by atoms with Gasteiger partial charge in [-0.1, -0.05) is 6.07 Å². The van der Waals surface area contributed by atoms with Gasteiger partial charge in [-0.3, -0.25) is 4.79 Å². The fraction of sp³-hybridized carbons (Fsp3) is 0.500. The number of hydrogen-bond acceptors (Lipinski definition) is 2. The first-order chi connectivity index (χ1) is 8.11. The van der Waals surface area contributed by atoms with Crippen molar-refractivity contribution in [3.63, 3.8) is 0 Å². The summed E-state index contributed by atoms with van der Waals surface area (Å²) in [6.07, 6.45) is 1.03. The van der Waals surface area contributed by atoms with E-state index in [1.54, 1.807) is 0 Å². The first kappa shape index (κ1) is 12.1. The monoisotopic (exact) mass is 232 g/mol. The molecule has 0 bridgehead atoms. The Morgan fingerprint density at radius 3 is 2.76 bits per heavy atom. The van der Waals surface area contributed by atoms with Crippen LogP contribution in [0.1, 0.15) is 27.9 Å². The smallest absolute Gasteiger partial charge is 0.253 e. The van der Waals surface area contributed by atoms with E-state index in [4.69, 9.17) is 5.73 Å². The SMILES string of the molecule is Cc1ccc(C(=O)N2CC[C@@H](CN)C2)cc1C. The van der Waals surface area contributed by atoms with Gasteiger partial charge in [-0.15, -0.1) is 0 Å². The predicted molar refractivity (Wildman–Crippen MR) is 69.0 cm³/mol. The van der Waals surface area contributed by atoms with Crippen LogP contribution in [0.25, 0.3) is 0 Å². The van der Waals surface area contributed by atoms with Crippen LogP contribution in [-0.2, 0) is 0 Å². The Morgan fingerprint density at radius 2 is 2.18 bits per heavy atom. The Labute approximate surface area is 103 Å². The largest absolute Gasteiger partial charge is 0.338 e. The molecule has 1 aliphatic rings. The van der Waals surface area contributed by atoms with Gasteiger partial charge in [0, 0.05) is 18.7 Å². The number of aryl methyl sites for hydroxylation is 2. The van der Waals surface area contributed by atoms with Gasteiger partial charge in [0.1, 0.15) is 0 Å². The van der Waals surface area contributed by atoms with Crippen LogP contribution in [0, 0.1) is 19.8 Å². The number of rotatable bonds is 2. The lowest BCUT2D eigenvalue weighted by Crippen LogP contribution is -2.29. The highest BCUT2D eigenvalue weighted by Crippen LogP contribution is 2.19.